The molecular formula is C17H28N2O6S. The number of carbonyl (C=O) groups is 2. The number of benzene rings is 1. The highest BCUT2D eigenvalue weighted by molar-refractivity contribution is 7.86. The summed E-state index contributed by atoms with van der Waals surface area (Å²) in [6, 6.07) is 6.75. The van der Waals surface area contributed by atoms with Crippen LogP contribution >= 0.6 is 0 Å². The minimum Gasteiger partial charge on any atom is -0.481 e. The smallest absolute Gasteiger partial charge is 0.303 e. The molecule has 0 aliphatic rings. The number of aryl methyl sites for hydroxylation is 1. The molecule has 1 amide bonds. The molecule has 0 aliphatic heterocycles. The molecule has 0 aromatic heterocycles. The second-order valence-electron chi connectivity index (χ2n) is 5.65. The molecule has 0 aliphatic carbocycles. The van der Waals surface area contributed by atoms with E-state index in [-0.39, 0.29) is 6.42 Å². The molecule has 9 heteroatoms. The van der Waals surface area contributed by atoms with Crippen molar-refractivity contribution < 1.29 is 29.3 Å². The number of nitrogens with two attached hydrogens (primary N) is 1. The van der Waals surface area contributed by atoms with Crippen LogP contribution in [-0.4, -0.2) is 36.9 Å². The van der Waals surface area contributed by atoms with E-state index in [1.807, 2.05) is 0 Å². The highest BCUT2D eigenvalue weighted by atomic mass is 32.2. The molecule has 0 spiro atoms. The van der Waals surface area contributed by atoms with Crippen molar-refractivity contribution in [1.29, 1.82) is 0 Å². The number of carbonyl (C=O) groups excluding carboxylic acids is 1. The molecule has 1 rings (SSSR count). The van der Waals surface area contributed by atoms with E-state index >= 15 is 0 Å². The summed E-state index contributed by atoms with van der Waals surface area (Å²) >= 11 is 0. The zero-order chi connectivity index (χ0) is 19.9. The molecule has 2 atom stereocenters. The first-order valence-electron chi connectivity index (χ1n) is 8.40. The molecule has 2 unspecified atom stereocenters. The molecule has 0 saturated heterocycles. The first-order valence-corrected chi connectivity index (χ1v) is 9.62. The molecule has 0 fully saturated rings. The van der Waals surface area contributed by atoms with Crippen LogP contribution in [0.15, 0.2) is 29.2 Å². The zero-order valence-electron chi connectivity index (χ0n) is 14.9. The lowest BCUT2D eigenvalue weighted by Crippen LogP contribution is -2.35. The van der Waals surface area contributed by atoms with Crippen molar-refractivity contribution in [1.82, 2.24) is 5.48 Å². The van der Waals surface area contributed by atoms with E-state index in [1.165, 1.54) is 0 Å². The molecule has 8 nitrogen and oxygen atoms in total. The van der Waals surface area contributed by atoms with Crippen molar-refractivity contribution in [2.75, 3.05) is 0 Å². The Hall–Kier alpha value is -1.81. The first kappa shape index (κ1) is 24.2. The van der Waals surface area contributed by atoms with Crippen molar-refractivity contribution in [3.8, 4) is 0 Å². The average molecular weight is 388 g/mol. The van der Waals surface area contributed by atoms with Gasteiger partial charge in [-0.15, -0.1) is 0 Å². The SMILES string of the molecule is CCCCCCC(C(=O)NO)S(=O)c1ccc(CCC(=O)O)cc1.NO. The van der Waals surface area contributed by atoms with Gasteiger partial charge in [-0.3, -0.25) is 19.0 Å². The Labute approximate surface area is 155 Å². The minimum absolute atomic E-state index is 0.0371. The second-order valence-corrected chi connectivity index (χ2v) is 7.28. The molecule has 1 aromatic rings. The standard InChI is InChI=1S/C17H25NO5S.H3NO/c1-2-3-4-5-6-15(17(21)18-22)24(23)14-10-7-13(8-11-14)9-12-16(19)20;1-2/h7-8,10-11,15,22H,2-6,9,12H2,1H3,(H,18,21)(H,19,20);2H,1H2. The number of aliphatic carboxylic acids is 1. The first-order chi connectivity index (χ1) is 12.5. The Morgan fingerprint density at radius 2 is 1.77 bits per heavy atom. The fourth-order valence-corrected chi connectivity index (χ4v) is 3.73. The lowest BCUT2D eigenvalue weighted by Gasteiger charge is -2.15. The number of rotatable bonds is 11. The molecule has 0 radical (unpaired) electrons. The molecule has 0 saturated carbocycles. The summed E-state index contributed by atoms with van der Waals surface area (Å²) in [6.07, 6.45) is 4.73. The molecule has 0 bridgehead atoms. The van der Waals surface area contributed by atoms with E-state index in [4.69, 9.17) is 15.5 Å². The lowest BCUT2D eigenvalue weighted by molar-refractivity contribution is -0.137. The van der Waals surface area contributed by atoms with Gasteiger partial charge in [-0.25, -0.2) is 11.4 Å². The van der Waals surface area contributed by atoms with E-state index in [1.54, 1.807) is 29.7 Å². The number of amides is 1. The van der Waals surface area contributed by atoms with Gasteiger partial charge < -0.3 is 10.3 Å². The monoisotopic (exact) mass is 388 g/mol. The summed E-state index contributed by atoms with van der Waals surface area (Å²) in [7, 11) is -1.57. The van der Waals surface area contributed by atoms with Gasteiger partial charge in [-0.1, -0.05) is 44.7 Å². The lowest BCUT2D eigenvalue weighted by atomic mass is 10.1. The Balaban J connectivity index is 0.00000301. The quantitative estimate of drug-likeness (QED) is 0.221. The number of nitrogens with one attached hydrogen (secondary N) is 1. The van der Waals surface area contributed by atoms with Crippen LogP contribution in [0.3, 0.4) is 0 Å². The Kier molecular flexibility index (Phi) is 13.4. The second kappa shape index (κ2) is 14.4. The summed E-state index contributed by atoms with van der Waals surface area (Å²) < 4.78 is 12.6. The van der Waals surface area contributed by atoms with E-state index < -0.39 is 27.9 Å². The number of hydrogen-bond donors (Lipinski definition) is 5. The van der Waals surface area contributed by atoms with Crippen LogP contribution in [0.5, 0.6) is 0 Å². The number of carboxylic acid groups (broad SMARTS) is 1. The highest BCUT2D eigenvalue weighted by Gasteiger charge is 2.25. The maximum absolute atomic E-state index is 12.6. The minimum atomic E-state index is -1.57. The summed E-state index contributed by atoms with van der Waals surface area (Å²) in [5.74, 6) is 1.99. The molecular weight excluding hydrogens is 360 g/mol. The normalized spacial score (nSPS) is 12.5. The number of unbranched alkanes of at least 4 members (excludes halogenated alkanes) is 3. The number of hydrogen-bond acceptors (Lipinski definition) is 6. The third-order valence-electron chi connectivity index (χ3n) is 3.76. The van der Waals surface area contributed by atoms with E-state index in [2.05, 4.69) is 12.8 Å². The van der Waals surface area contributed by atoms with Crippen LogP contribution < -0.4 is 11.4 Å². The Morgan fingerprint density at radius 3 is 2.27 bits per heavy atom. The van der Waals surface area contributed by atoms with Crippen molar-refractivity contribution in [2.24, 2.45) is 5.90 Å². The Morgan fingerprint density at radius 1 is 1.15 bits per heavy atom. The van der Waals surface area contributed by atoms with Gasteiger partial charge in [0.2, 0.25) is 0 Å². The molecule has 26 heavy (non-hydrogen) atoms. The highest BCUT2D eigenvalue weighted by Crippen LogP contribution is 2.18. The molecule has 6 N–H and O–H groups in total. The Bertz CT molecular complexity index is 565. The number of hydroxylamine groups is 1. The predicted octanol–water partition coefficient (Wildman–Crippen LogP) is 1.99. The maximum Gasteiger partial charge on any atom is 0.303 e. The van der Waals surface area contributed by atoms with Crippen LogP contribution in [0.25, 0.3) is 0 Å². The van der Waals surface area contributed by atoms with E-state index in [0.717, 1.165) is 31.2 Å². The van der Waals surface area contributed by atoms with Crippen LogP contribution in [0.4, 0.5) is 0 Å². The molecule has 0 heterocycles. The molecule has 1 aromatic carbocycles. The van der Waals surface area contributed by atoms with E-state index in [9.17, 15) is 13.8 Å². The van der Waals surface area contributed by atoms with Crippen molar-refractivity contribution in [3.05, 3.63) is 29.8 Å². The predicted molar refractivity (Wildman–Crippen MR) is 97.3 cm³/mol. The van der Waals surface area contributed by atoms with Gasteiger partial charge in [0, 0.05) is 11.3 Å². The van der Waals surface area contributed by atoms with Gasteiger partial charge in [-0.2, -0.15) is 0 Å². The third-order valence-corrected chi connectivity index (χ3v) is 5.47. The summed E-state index contributed by atoms with van der Waals surface area (Å²) in [5.41, 5.74) is 2.44. The van der Waals surface area contributed by atoms with Crippen LogP contribution in [0.1, 0.15) is 51.0 Å². The summed E-state index contributed by atoms with van der Waals surface area (Å²) in [5, 5.41) is 23.3. The van der Waals surface area contributed by atoms with Gasteiger partial charge in [-0.05, 0) is 30.5 Å². The van der Waals surface area contributed by atoms with Gasteiger partial charge in [0.15, 0.2) is 0 Å². The van der Waals surface area contributed by atoms with Crippen molar-refractivity contribution in [3.63, 3.8) is 0 Å². The van der Waals surface area contributed by atoms with Crippen molar-refractivity contribution >= 4 is 22.7 Å². The topological polar surface area (TPSA) is 150 Å². The maximum atomic E-state index is 12.6. The number of carboxylic acids is 1. The van der Waals surface area contributed by atoms with Crippen LogP contribution in [0.2, 0.25) is 0 Å². The summed E-state index contributed by atoms with van der Waals surface area (Å²) in [6.45, 7) is 2.09. The van der Waals surface area contributed by atoms with Gasteiger partial charge in [0.25, 0.3) is 5.91 Å². The largest absolute Gasteiger partial charge is 0.481 e. The zero-order valence-corrected chi connectivity index (χ0v) is 15.7. The fraction of sp³-hybridized carbons (Fsp3) is 0.529. The fourth-order valence-electron chi connectivity index (χ4n) is 2.37. The van der Waals surface area contributed by atoms with Gasteiger partial charge in [0.05, 0.1) is 10.8 Å². The summed E-state index contributed by atoms with van der Waals surface area (Å²) in [4.78, 5) is 22.9. The van der Waals surface area contributed by atoms with Gasteiger partial charge >= 0.3 is 5.97 Å². The molecule has 148 valence electrons. The van der Waals surface area contributed by atoms with E-state index in [0.29, 0.717) is 17.7 Å². The van der Waals surface area contributed by atoms with Crippen LogP contribution in [0, 0.1) is 0 Å². The van der Waals surface area contributed by atoms with Gasteiger partial charge in [0.1, 0.15) is 5.25 Å². The van der Waals surface area contributed by atoms with Crippen molar-refractivity contribution in [2.45, 2.75) is 62.0 Å². The third kappa shape index (κ3) is 9.04. The average Bonchev–Trinajstić information content (AvgIpc) is 2.67. The van der Waals surface area contributed by atoms with Crippen LogP contribution in [-0.2, 0) is 26.8 Å².